The van der Waals surface area contributed by atoms with Gasteiger partial charge in [-0.25, -0.2) is 9.18 Å². The summed E-state index contributed by atoms with van der Waals surface area (Å²) < 4.78 is 23.2. The number of piperidine rings is 1. The number of amides is 2. The van der Waals surface area contributed by atoms with Crippen LogP contribution in [-0.4, -0.2) is 42.9 Å². The summed E-state index contributed by atoms with van der Waals surface area (Å²) in [7, 11) is 1.29. The zero-order valence-corrected chi connectivity index (χ0v) is 16.4. The number of furan rings is 1. The number of benzene rings is 1. The molecule has 2 aromatic rings. The first kappa shape index (κ1) is 20.6. The molecule has 1 aliphatic rings. The van der Waals surface area contributed by atoms with E-state index in [2.05, 4.69) is 10.1 Å². The van der Waals surface area contributed by atoms with Crippen molar-refractivity contribution >= 4 is 17.8 Å². The second-order valence-corrected chi connectivity index (χ2v) is 6.99. The van der Waals surface area contributed by atoms with Crippen molar-refractivity contribution in [2.75, 3.05) is 20.2 Å². The lowest BCUT2D eigenvalue weighted by atomic mass is 9.96. The van der Waals surface area contributed by atoms with Gasteiger partial charge in [0.25, 0.3) is 5.91 Å². The standard InChI is InChI=1S/C21H23FN2O5/c1-13-18(21(27)28-2)10-17(29-13)11-23-19(25)15-4-3-9-24(12-15)20(26)14-5-7-16(22)8-6-14/h5-8,10,15H,3-4,9,11-12H2,1-2H3,(H,23,25). The highest BCUT2D eigenvalue weighted by Crippen LogP contribution is 2.20. The van der Waals surface area contributed by atoms with Crippen LogP contribution in [0.1, 0.15) is 45.1 Å². The van der Waals surface area contributed by atoms with Crippen LogP contribution in [0.4, 0.5) is 4.39 Å². The van der Waals surface area contributed by atoms with E-state index in [1.54, 1.807) is 17.9 Å². The minimum absolute atomic E-state index is 0.138. The number of rotatable bonds is 5. The van der Waals surface area contributed by atoms with Crippen molar-refractivity contribution in [1.29, 1.82) is 0 Å². The Morgan fingerprint density at radius 3 is 2.69 bits per heavy atom. The number of aryl methyl sites for hydroxylation is 1. The number of hydrogen-bond acceptors (Lipinski definition) is 5. The topological polar surface area (TPSA) is 88.9 Å². The van der Waals surface area contributed by atoms with Gasteiger partial charge in [-0.05, 0) is 50.1 Å². The predicted octanol–water partition coefficient (Wildman–Crippen LogP) is 2.68. The van der Waals surface area contributed by atoms with Crippen molar-refractivity contribution in [2.45, 2.75) is 26.3 Å². The van der Waals surface area contributed by atoms with E-state index in [-0.39, 0.29) is 24.3 Å². The summed E-state index contributed by atoms with van der Waals surface area (Å²) in [5.41, 5.74) is 0.722. The molecule has 0 aliphatic carbocycles. The van der Waals surface area contributed by atoms with Gasteiger partial charge in [0.2, 0.25) is 5.91 Å². The molecule has 1 N–H and O–H groups in total. The quantitative estimate of drug-likeness (QED) is 0.777. The van der Waals surface area contributed by atoms with Gasteiger partial charge in [0.1, 0.15) is 22.9 Å². The number of esters is 1. The highest BCUT2D eigenvalue weighted by atomic mass is 19.1. The van der Waals surface area contributed by atoms with Crippen LogP contribution < -0.4 is 5.32 Å². The minimum Gasteiger partial charge on any atom is -0.465 e. The smallest absolute Gasteiger partial charge is 0.341 e. The summed E-state index contributed by atoms with van der Waals surface area (Å²) in [6.07, 6.45) is 1.38. The van der Waals surface area contributed by atoms with Crippen LogP contribution >= 0.6 is 0 Å². The average molecular weight is 402 g/mol. The number of ether oxygens (including phenoxy) is 1. The van der Waals surface area contributed by atoms with Crippen LogP contribution in [0.15, 0.2) is 34.7 Å². The molecule has 1 unspecified atom stereocenters. The number of methoxy groups -OCH3 is 1. The van der Waals surface area contributed by atoms with Gasteiger partial charge in [0.05, 0.1) is 19.6 Å². The first-order valence-electron chi connectivity index (χ1n) is 9.39. The van der Waals surface area contributed by atoms with Crippen molar-refractivity contribution < 1.29 is 27.9 Å². The van der Waals surface area contributed by atoms with Crippen LogP contribution in [-0.2, 0) is 16.1 Å². The maximum absolute atomic E-state index is 13.1. The van der Waals surface area contributed by atoms with E-state index in [9.17, 15) is 18.8 Å². The first-order chi connectivity index (χ1) is 13.9. The van der Waals surface area contributed by atoms with Crippen LogP contribution in [0.2, 0.25) is 0 Å². The predicted molar refractivity (Wildman–Crippen MR) is 102 cm³/mol. The van der Waals surface area contributed by atoms with Crippen LogP contribution in [0.5, 0.6) is 0 Å². The maximum atomic E-state index is 13.1. The zero-order valence-electron chi connectivity index (χ0n) is 16.4. The monoisotopic (exact) mass is 402 g/mol. The molecule has 0 spiro atoms. The number of likely N-dealkylation sites (tertiary alicyclic amines) is 1. The van der Waals surface area contributed by atoms with E-state index in [1.807, 2.05) is 0 Å². The Morgan fingerprint density at radius 1 is 1.28 bits per heavy atom. The van der Waals surface area contributed by atoms with Gasteiger partial charge < -0.3 is 19.4 Å². The molecule has 0 radical (unpaired) electrons. The molecule has 3 rings (SSSR count). The zero-order chi connectivity index (χ0) is 21.0. The van der Waals surface area contributed by atoms with E-state index in [0.717, 1.165) is 0 Å². The van der Waals surface area contributed by atoms with Crippen LogP contribution in [0.3, 0.4) is 0 Å². The SMILES string of the molecule is COC(=O)c1cc(CNC(=O)C2CCCN(C(=O)c3ccc(F)cc3)C2)oc1C. The summed E-state index contributed by atoms with van der Waals surface area (Å²) in [4.78, 5) is 38.4. The lowest BCUT2D eigenvalue weighted by Gasteiger charge is -2.32. The van der Waals surface area contributed by atoms with Crippen molar-refractivity contribution in [3.05, 3.63) is 58.8 Å². The molecule has 1 atom stereocenters. The van der Waals surface area contributed by atoms with Crippen LogP contribution in [0, 0.1) is 18.7 Å². The second-order valence-electron chi connectivity index (χ2n) is 6.99. The van der Waals surface area contributed by atoms with Crippen molar-refractivity contribution in [3.63, 3.8) is 0 Å². The molecule has 0 bridgehead atoms. The Hall–Kier alpha value is -3.16. The van der Waals surface area contributed by atoms with Gasteiger partial charge in [0, 0.05) is 18.7 Å². The lowest BCUT2D eigenvalue weighted by molar-refractivity contribution is -0.126. The van der Waals surface area contributed by atoms with E-state index in [1.165, 1.54) is 31.4 Å². The van der Waals surface area contributed by atoms with E-state index >= 15 is 0 Å². The number of nitrogens with one attached hydrogen (secondary N) is 1. The highest BCUT2D eigenvalue weighted by molar-refractivity contribution is 5.94. The minimum atomic E-state index is -0.494. The summed E-state index contributed by atoms with van der Waals surface area (Å²) >= 11 is 0. The fourth-order valence-corrected chi connectivity index (χ4v) is 3.41. The number of halogens is 1. The van der Waals surface area contributed by atoms with Crippen molar-refractivity contribution in [1.82, 2.24) is 10.2 Å². The Balaban J connectivity index is 1.58. The third-order valence-corrected chi connectivity index (χ3v) is 4.98. The largest absolute Gasteiger partial charge is 0.465 e. The molecular weight excluding hydrogens is 379 g/mol. The molecule has 8 heteroatoms. The molecule has 1 fully saturated rings. The van der Waals surface area contributed by atoms with Crippen LogP contribution in [0.25, 0.3) is 0 Å². The molecular formula is C21H23FN2O5. The fraction of sp³-hybridized carbons (Fsp3) is 0.381. The van der Waals surface area contributed by atoms with Gasteiger partial charge in [-0.1, -0.05) is 0 Å². The first-order valence-corrected chi connectivity index (χ1v) is 9.39. The maximum Gasteiger partial charge on any atom is 0.341 e. The highest BCUT2D eigenvalue weighted by Gasteiger charge is 2.29. The molecule has 29 heavy (non-hydrogen) atoms. The number of carbonyl (C=O) groups is 3. The summed E-state index contributed by atoms with van der Waals surface area (Å²) in [6.45, 7) is 2.64. The number of hydrogen-bond donors (Lipinski definition) is 1. The summed E-state index contributed by atoms with van der Waals surface area (Å²) in [6, 6.07) is 6.93. The van der Waals surface area contributed by atoms with Crippen molar-refractivity contribution in [3.8, 4) is 0 Å². The molecule has 0 saturated carbocycles. The van der Waals surface area contributed by atoms with Gasteiger partial charge >= 0.3 is 5.97 Å². The lowest BCUT2D eigenvalue weighted by Crippen LogP contribution is -2.45. The van der Waals surface area contributed by atoms with E-state index in [0.29, 0.717) is 48.6 Å². The van der Waals surface area contributed by atoms with E-state index in [4.69, 9.17) is 4.42 Å². The third kappa shape index (κ3) is 4.82. The average Bonchev–Trinajstić information content (AvgIpc) is 3.12. The molecule has 2 amide bonds. The van der Waals surface area contributed by atoms with Crippen molar-refractivity contribution in [2.24, 2.45) is 5.92 Å². The molecule has 7 nitrogen and oxygen atoms in total. The Kier molecular flexibility index (Phi) is 6.31. The summed E-state index contributed by atoms with van der Waals surface area (Å²) in [5, 5.41) is 2.80. The summed E-state index contributed by atoms with van der Waals surface area (Å²) in [5.74, 6) is -0.764. The third-order valence-electron chi connectivity index (χ3n) is 4.98. The van der Waals surface area contributed by atoms with Gasteiger partial charge in [0.15, 0.2) is 0 Å². The Labute approximate surface area is 167 Å². The molecule has 1 aliphatic heterocycles. The molecule has 1 aromatic carbocycles. The normalized spacial score (nSPS) is 16.4. The molecule has 2 heterocycles. The van der Waals surface area contributed by atoms with Gasteiger partial charge in [-0.3, -0.25) is 9.59 Å². The second kappa shape index (κ2) is 8.89. The number of carbonyl (C=O) groups excluding carboxylic acids is 3. The van der Waals surface area contributed by atoms with Gasteiger partial charge in [-0.15, -0.1) is 0 Å². The number of nitrogens with zero attached hydrogens (tertiary/aromatic N) is 1. The molecule has 1 saturated heterocycles. The Bertz CT molecular complexity index is 906. The fourth-order valence-electron chi connectivity index (χ4n) is 3.41. The van der Waals surface area contributed by atoms with E-state index < -0.39 is 11.8 Å². The Morgan fingerprint density at radius 2 is 2.00 bits per heavy atom. The molecule has 154 valence electrons. The van der Waals surface area contributed by atoms with Gasteiger partial charge in [-0.2, -0.15) is 0 Å². The molecule has 1 aromatic heterocycles.